The molecule has 0 unspecified atom stereocenters. The van der Waals surface area contributed by atoms with Crippen molar-refractivity contribution in [1.29, 1.82) is 0 Å². The number of benzene rings is 10. The lowest BCUT2D eigenvalue weighted by molar-refractivity contribution is 0.669. The Labute approximate surface area is 295 Å². The first-order valence-corrected chi connectivity index (χ1v) is 17.9. The number of hydrogen-bond donors (Lipinski definition) is 0. The van der Waals surface area contributed by atoms with E-state index in [1.54, 1.807) is 0 Å². The van der Waals surface area contributed by atoms with Crippen LogP contribution >= 0.6 is 0 Å². The van der Waals surface area contributed by atoms with E-state index in [-0.39, 0.29) is 0 Å². The van der Waals surface area contributed by atoms with Crippen molar-refractivity contribution in [3.05, 3.63) is 169 Å². The highest BCUT2D eigenvalue weighted by atomic mass is 16.3. The summed E-state index contributed by atoms with van der Waals surface area (Å²) in [6.45, 7) is 2.27. The van der Waals surface area contributed by atoms with Gasteiger partial charge in [0, 0.05) is 10.8 Å². The zero-order valence-corrected chi connectivity index (χ0v) is 28.2. The molecule has 0 atom stereocenters. The van der Waals surface area contributed by atoms with Crippen molar-refractivity contribution in [2.45, 2.75) is 13.3 Å². The van der Waals surface area contributed by atoms with E-state index >= 15 is 0 Å². The van der Waals surface area contributed by atoms with Crippen molar-refractivity contribution in [3.8, 4) is 22.3 Å². The fourth-order valence-electron chi connectivity index (χ4n) is 8.94. The third-order valence-electron chi connectivity index (χ3n) is 11.2. The predicted octanol–water partition coefficient (Wildman–Crippen LogP) is 14.4. The first-order chi connectivity index (χ1) is 25.2. The van der Waals surface area contributed by atoms with Crippen molar-refractivity contribution in [2.75, 3.05) is 0 Å². The molecule has 0 spiro atoms. The molecule has 0 amide bonds. The smallest absolute Gasteiger partial charge is 0.136 e. The van der Waals surface area contributed by atoms with Crippen molar-refractivity contribution >= 4 is 86.6 Å². The molecule has 0 fully saturated rings. The van der Waals surface area contributed by atoms with Crippen molar-refractivity contribution in [1.82, 2.24) is 0 Å². The molecule has 0 aliphatic rings. The summed E-state index contributed by atoms with van der Waals surface area (Å²) in [5, 5.41) is 17.6. The molecular formula is C50H32O. The molecule has 1 heterocycles. The maximum atomic E-state index is 6.41. The van der Waals surface area contributed by atoms with E-state index in [0.29, 0.717) is 0 Å². The first-order valence-electron chi connectivity index (χ1n) is 17.9. The van der Waals surface area contributed by atoms with E-state index in [1.807, 2.05) is 0 Å². The largest absolute Gasteiger partial charge is 0.456 e. The molecule has 11 rings (SSSR count). The predicted molar refractivity (Wildman–Crippen MR) is 219 cm³/mol. The van der Waals surface area contributed by atoms with Crippen LogP contribution in [0.15, 0.2) is 168 Å². The van der Waals surface area contributed by atoms with Crippen molar-refractivity contribution in [3.63, 3.8) is 0 Å². The molecular weight excluding hydrogens is 617 g/mol. The molecule has 238 valence electrons. The van der Waals surface area contributed by atoms with Gasteiger partial charge in [-0.05, 0) is 129 Å². The fraction of sp³-hybridized carbons (Fsp3) is 0.0400. The summed E-state index contributed by atoms with van der Waals surface area (Å²) in [5.74, 6) is 0. The lowest BCUT2D eigenvalue weighted by Crippen LogP contribution is -1.93. The summed E-state index contributed by atoms with van der Waals surface area (Å²) in [4.78, 5) is 0. The van der Waals surface area contributed by atoms with Crippen molar-refractivity contribution < 1.29 is 4.42 Å². The Bertz CT molecular complexity index is 3180. The third-order valence-corrected chi connectivity index (χ3v) is 11.2. The summed E-state index contributed by atoms with van der Waals surface area (Å²) in [6.07, 6.45) is 0.997. The summed E-state index contributed by atoms with van der Waals surface area (Å²) < 4.78 is 6.41. The standard InChI is InChI=1S/C50H32O/c1-2-34-35-15-6-5-14-32(35)27-44-36-20-11-21-39(38(36)24-23-37(34)44)50-42-18-9-7-16-40(42)49(41-17-8-10-19-43(41)50)33-22-25-47-45(28-33)46-26-30-12-3-4-13-31(30)29-48(46)51-47/h3-29H,2H2,1H3. The second-order valence-corrected chi connectivity index (χ2v) is 13.8. The average Bonchev–Trinajstić information content (AvgIpc) is 3.54. The van der Waals surface area contributed by atoms with Crippen molar-refractivity contribution in [2.24, 2.45) is 0 Å². The number of furan rings is 1. The molecule has 0 aliphatic heterocycles. The molecule has 11 aromatic rings. The third kappa shape index (κ3) is 4.09. The number of rotatable bonds is 3. The molecule has 0 saturated heterocycles. The van der Waals surface area contributed by atoms with Gasteiger partial charge < -0.3 is 4.42 Å². The van der Waals surface area contributed by atoms with Crippen LogP contribution in [0, 0.1) is 0 Å². The van der Waals surface area contributed by atoms with Crippen LogP contribution < -0.4 is 0 Å². The minimum absolute atomic E-state index is 0.913. The average molecular weight is 649 g/mol. The minimum Gasteiger partial charge on any atom is -0.456 e. The zero-order chi connectivity index (χ0) is 33.6. The van der Waals surface area contributed by atoms with Gasteiger partial charge in [-0.15, -0.1) is 0 Å². The van der Waals surface area contributed by atoms with Gasteiger partial charge in [-0.1, -0.05) is 140 Å². The molecule has 51 heavy (non-hydrogen) atoms. The lowest BCUT2D eigenvalue weighted by atomic mass is 9.83. The second-order valence-electron chi connectivity index (χ2n) is 13.8. The van der Waals surface area contributed by atoms with E-state index in [2.05, 4.69) is 171 Å². The molecule has 0 aliphatic carbocycles. The van der Waals surface area contributed by atoms with Crippen LogP contribution in [0.1, 0.15) is 12.5 Å². The Hall–Kier alpha value is -6.44. The molecule has 0 saturated carbocycles. The van der Waals surface area contributed by atoms with Gasteiger partial charge in [-0.2, -0.15) is 0 Å². The fourth-order valence-corrected chi connectivity index (χ4v) is 8.94. The van der Waals surface area contributed by atoms with Crippen LogP contribution in [-0.4, -0.2) is 0 Å². The van der Waals surface area contributed by atoms with E-state index in [4.69, 9.17) is 4.42 Å². The summed E-state index contributed by atoms with van der Waals surface area (Å²) in [5.41, 5.74) is 8.26. The van der Waals surface area contributed by atoms with Crippen LogP contribution in [0.4, 0.5) is 0 Å². The second kappa shape index (κ2) is 10.8. The molecule has 1 heteroatoms. The summed E-state index contributed by atoms with van der Waals surface area (Å²) >= 11 is 0. The number of fused-ring (bicyclic) bond motifs is 10. The highest BCUT2D eigenvalue weighted by Crippen LogP contribution is 2.47. The van der Waals surface area contributed by atoms with Crippen LogP contribution in [-0.2, 0) is 6.42 Å². The molecule has 0 bridgehead atoms. The number of hydrogen-bond acceptors (Lipinski definition) is 1. The first kappa shape index (κ1) is 28.4. The normalized spacial score (nSPS) is 12.1. The summed E-state index contributed by atoms with van der Waals surface area (Å²) in [7, 11) is 0. The summed E-state index contributed by atoms with van der Waals surface area (Å²) in [6, 6.07) is 60.4. The van der Waals surface area contributed by atoms with Crippen LogP contribution in [0.25, 0.3) is 109 Å². The molecule has 1 nitrogen and oxygen atoms in total. The molecule has 10 aromatic carbocycles. The molecule has 0 radical (unpaired) electrons. The Morgan fingerprint density at radius 3 is 1.65 bits per heavy atom. The SMILES string of the molecule is CCc1c2ccccc2cc2c1ccc1c(-c3c4ccccc4c(-c4ccc5oc6cc7ccccc7cc6c5c4)c4ccccc34)cccc12. The van der Waals surface area contributed by atoms with Gasteiger partial charge in [-0.25, -0.2) is 0 Å². The van der Waals surface area contributed by atoms with Crippen LogP contribution in [0.3, 0.4) is 0 Å². The topological polar surface area (TPSA) is 13.1 Å². The Balaban J connectivity index is 1.21. The molecule has 1 aromatic heterocycles. The van der Waals surface area contributed by atoms with Gasteiger partial charge in [-0.3, -0.25) is 0 Å². The van der Waals surface area contributed by atoms with E-state index in [9.17, 15) is 0 Å². The van der Waals surface area contributed by atoms with E-state index in [1.165, 1.54) is 92.5 Å². The van der Waals surface area contributed by atoms with Crippen LogP contribution in [0.2, 0.25) is 0 Å². The van der Waals surface area contributed by atoms with Gasteiger partial charge in [0.1, 0.15) is 11.2 Å². The Morgan fingerprint density at radius 2 is 0.922 bits per heavy atom. The minimum atomic E-state index is 0.913. The maximum absolute atomic E-state index is 6.41. The number of aryl methyl sites for hydroxylation is 1. The lowest BCUT2D eigenvalue weighted by Gasteiger charge is -2.19. The maximum Gasteiger partial charge on any atom is 0.136 e. The monoisotopic (exact) mass is 648 g/mol. The zero-order valence-electron chi connectivity index (χ0n) is 28.2. The Morgan fingerprint density at radius 1 is 0.353 bits per heavy atom. The highest BCUT2D eigenvalue weighted by Gasteiger charge is 2.20. The highest BCUT2D eigenvalue weighted by molar-refractivity contribution is 6.26. The van der Waals surface area contributed by atoms with Gasteiger partial charge in [0.2, 0.25) is 0 Å². The Kier molecular flexibility index (Phi) is 6.00. The molecule has 0 N–H and O–H groups in total. The van der Waals surface area contributed by atoms with Gasteiger partial charge >= 0.3 is 0 Å². The van der Waals surface area contributed by atoms with Crippen LogP contribution in [0.5, 0.6) is 0 Å². The van der Waals surface area contributed by atoms with Gasteiger partial charge in [0.25, 0.3) is 0 Å². The van der Waals surface area contributed by atoms with E-state index < -0.39 is 0 Å². The quantitative estimate of drug-likeness (QED) is 0.137. The van der Waals surface area contributed by atoms with E-state index in [0.717, 1.165) is 28.4 Å². The van der Waals surface area contributed by atoms with Gasteiger partial charge in [0.05, 0.1) is 0 Å². The van der Waals surface area contributed by atoms with Gasteiger partial charge in [0.15, 0.2) is 0 Å².